The van der Waals surface area contributed by atoms with Gasteiger partial charge < -0.3 is 10.6 Å². The molecule has 2 atom stereocenters. The van der Waals surface area contributed by atoms with Crippen molar-refractivity contribution in [3.05, 3.63) is 35.9 Å². The van der Waals surface area contributed by atoms with Gasteiger partial charge in [0.25, 0.3) is 0 Å². The molecule has 1 aromatic rings. The Morgan fingerprint density at radius 3 is 2.63 bits per heavy atom. The minimum absolute atomic E-state index is 0.132. The Labute approximate surface area is 115 Å². The number of nitrogens with zero attached hydrogens (tertiary/aromatic N) is 1. The van der Waals surface area contributed by atoms with Crippen LogP contribution in [0.3, 0.4) is 0 Å². The van der Waals surface area contributed by atoms with Gasteiger partial charge >= 0.3 is 0 Å². The lowest BCUT2D eigenvalue weighted by Crippen LogP contribution is -2.40. The predicted molar refractivity (Wildman–Crippen MR) is 77.4 cm³/mol. The molecular formula is C16H24N2O. The monoisotopic (exact) mass is 260 g/mol. The average molecular weight is 260 g/mol. The molecule has 0 saturated heterocycles. The summed E-state index contributed by atoms with van der Waals surface area (Å²) in [6.07, 6.45) is 4.48. The number of benzene rings is 1. The summed E-state index contributed by atoms with van der Waals surface area (Å²) >= 11 is 0. The van der Waals surface area contributed by atoms with Crippen LogP contribution in [0.4, 0.5) is 0 Å². The molecule has 1 fully saturated rings. The molecule has 2 N–H and O–H groups in total. The van der Waals surface area contributed by atoms with E-state index in [2.05, 4.69) is 12.1 Å². The first-order chi connectivity index (χ1) is 9.22. The second-order valence-corrected chi connectivity index (χ2v) is 5.57. The Kier molecular flexibility index (Phi) is 4.97. The Hall–Kier alpha value is -1.35. The van der Waals surface area contributed by atoms with Gasteiger partial charge in [-0.25, -0.2) is 0 Å². The molecule has 19 heavy (non-hydrogen) atoms. The highest BCUT2D eigenvalue weighted by Crippen LogP contribution is 2.30. The average Bonchev–Trinajstić information content (AvgIpc) is 2.47. The summed E-state index contributed by atoms with van der Waals surface area (Å²) in [6, 6.07) is 10.1. The molecular weight excluding hydrogens is 236 g/mol. The van der Waals surface area contributed by atoms with Gasteiger partial charge in [0.2, 0.25) is 5.91 Å². The zero-order valence-electron chi connectivity index (χ0n) is 11.7. The van der Waals surface area contributed by atoms with Gasteiger partial charge in [-0.2, -0.15) is 0 Å². The molecule has 1 saturated carbocycles. The fraction of sp³-hybridized carbons (Fsp3) is 0.562. The van der Waals surface area contributed by atoms with E-state index in [1.165, 1.54) is 12.0 Å². The lowest BCUT2D eigenvalue weighted by atomic mass is 9.78. The van der Waals surface area contributed by atoms with E-state index in [0.29, 0.717) is 19.0 Å². The molecule has 0 aromatic heterocycles. The third-order valence-corrected chi connectivity index (χ3v) is 4.17. The van der Waals surface area contributed by atoms with Gasteiger partial charge in [-0.3, -0.25) is 4.79 Å². The van der Waals surface area contributed by atoms with Gasteiger partial charge in [0.05, 0.1) is 0 Å². The largest absolute Gasteiger partial charge is 0.341 e. The highest BCUT2D eigenvalue weighted by molar-refractivity contribution is 5.79. The number of hydrogen-bond acceptors (Lipinski definition) is 2. The van der Waals surface area contributed by atoms with Crippen LogP contribution in [0.5, 0.6) is 0 Å². The SMILES string of the molecule is CN(Cc1ccccc1)C(=O)C1CCCCC1CN. The number of rotatable bonds is 4. The lowest BCUT2D eigenvalue weighted by molar-refractivity contribution is -0.137. The van der Waals surface area contributed by atoms with Crippen LogP contribution in [-0.4, -0.2) is 24.4 Å². The normalized spacial score (nSPS) is 23.1. The van der Waals surface area contributed by atoms with Crippen LogP contribution in [0.15, 0.2) is 30.3 Å². The van der Waals surface area contributed by atoms with Crippen LogP contribution in [0.2, 0.25) is 0 Å². The van der Waals surface area contributed by atoms with Crippen LogP contribution >= 0.6 is 0 Å². The number of carbonyl (C=O) groups is 1. The Morgan fingerprint density at radius 1 is 1.26 bits per heavy atom. The van der Waals surface area contributed by atoms with E-state index in [1.54, 1.807) is 0 Å². The molecule has 3 nitrogen and oxygen atoms in total. The van der Waals surface area contributed by atoms with Gasteiger partial charge in [0.1, 0.15) is 0 Å². The summed E-state index contributed by atoms with van der Waals surface area (Å²) in [7, 11) is 1.90. The Balaban J connectivity index is 1.98. The summed E-state index contributed by atoms with van der Waals surface area (Å²) in [6.45, 7) is 1.32. The summed E-state index contributed by atoms with van der Waals surface area (Å²) in [5, 5.41) is 0. The maximum Gasteiger partial charge on any atom is 0.226 e. The third-order valence-electron chi connectivity index (χ3n) is 4.17. The molecule has 0 aliphatic heterocycles. The lowest BCUT2D eigenvalue weighted by Gasteiger charge is -2.32. The van der Waals surface area contributed by atoms with Crippen molar-refractivity contribution in [1.29, 1.82) is 0 Å². The van der Waals surface area contributed by atoms with Crippen LogP contribution in [-0.2, 0) is 11.3 Å². The van der Waals surface area contributed by atoms with E-state index in [0.717, 1.165) is 19.3 Å². The van der Waals surface area contributed by atoms with Crippen molar-refractivity contribution in [2.75, 3.05) is 13.6 Å². The fourth-order valence-electron chi connectivity index (χ4n) is 3.03. The van der Waals surface area contributed by atoms with E-state index in [-0.39, 0.29) is 11.8 Å². The zero-order chi connectivity index (χ0) is 13.7. The first-order valence-electron chi connectivity index (χ1n) is 7.21. The van der Waals surface area contributed by atoms with E-state index in [9.17, 15) is 4.79 Å². The molecule has 0 radical (unpaired) electrons. The van der Waals surface area contributed by atoms with Gasteiger partial charge in [0.15, 0.2) is 0 Å². The number of nitrogens with two attached hydrogens (primary N) is 1. The van der Waals surface area contributed by atoms with Crippen LogP contribution in [0, 0.1) is 11.8 Å². The highest BCUT2D eigenvalue weighted by atomic mass is 16.2. The minimum Gasteiger partial charge on any atom is -0.341 e. The van der Waals surface area contributed by atoms with Crippen LogP contribution < -0.4 is 5.73 Å². The minimum atomic E-state index is 0.132. The maximum absolute atomic E-state index is 12.5. The zero-order valence-corrected chi connectivity index (χ0v) is 11.7. The van der Waals surface area contributed by atoms with Crippen molar-refractivity contribution in [2.24, 2.45) is 17.6 Å². The molecule has 104 valence electrons. The molecule has 1 aliphatic carbocycles. The molecule has 1 aliphatic rings. The molecule has 2 unspecified atom stereocenters. The summed E-state index contributed by atoms with van der Waals surface area (Å²) in [5.74, 6) is 0.769. The van der Waals surface area contributed by atoms with Crippen molar-refractivity contribution in [3.63, 3.8) is 0 Å². The van der Waals surface area contributed by atoms with Crippen LogP contribution in [0.25, 0.3) is 0 Å². The number of amides is 1. The highest BCUT2D eigenvalue weighted by Gasteiger charge is 2.31. The maximum atomic E-state index is 12.5. The topological polar surface area (TPSA) is 46.3 Å². The summed E-state index contributed by atoms with van der Waals surface area (Å²) in [4.78, 5) is 14.4. The summed E-state index contributed by atoms with van der Waals surface area (Å²) < 4.78 is 0. The number of carbonyl (C=O) groups excluding carboxylic acids is 1. The molecule has 1 aromatic carbocycles. The predicted octanol–water partition coefficient (Wildman–Crippen LogP) is 2.41. The molecule has 1 amide bonds. The van der Waals surface area contributed by atoms with E-state index < -0.39 is 0 Å². The second kappa shape index (κ2) is 6.71. The van der Waals surface area contributed by atoms with Gasteiger partial charge in [0, 0.05) is 19.5 Å². The second-order valence-electron chi connectivity index (χ2n) is 5.57. The van der Waals surface area contributed by atoms with Gasteiger partial charge in [-0.1, -0.05) is 43.2 Å². The van der Waals surface area contributed by atoms with Crippen molar-refractivity contribution in [2.45, 2.75) is 32.2 Å². The van der Waals surface area contributed by atoms with Crippen molar-refractivity contribution < 1.29 is 4.79 Å². The molecule has 0 spiro atoms. The molecule has 0 heterocycles. The van der Waals surface area contributed by atoms with Gasteiger partial charge in [-0.15, -0.1) is 0 Å². The third kappa shape index (κ3) is 3.57. The van der Waals surface area contributed by atoms with E-state index >= 15 is 0 Å². The quantitative estimate of drug-likeness (QED) is 0.903. The molecule has 0 bridgehead atoms. The van der Waals surface area contributed by atoms with E-state index in [4.69, 9.17) is 5.73 Å². The smallest absolute Gasteiger partial charge is 0.226 e. The standard InChI is InChI=1S/C16H24N2O/c1-18(12-13-7-3-2-4-8-13)16(19)15-10-6-5-9-14(15)11-17/h2-4,7-8,14-15H,5-6,9-12,17H2,1H3. The van der Waals surface area contributed by atoms with Crippen molar-refractivity contribution >= 4 is 5.91 Å². The Morgan fingerprint density at radius 2 is 1.95 bits per heavy atom. The fourth-order valence-corrected chi connectivity index (χ4v) is 3.03. The van der Waals surface area contributed by atoms with Crippen LogP contribution in [0.1, 0.15) is 31.2 Å². The first-order valence-corrected chi connectivity index (χ1v) is 7.21. The molecule has 3 heteroatoms. The molecule has 2 rings (SSSR count). The first kappa shape index (κ1) is 14.1. The van der Waals surface area contributed by atoms with E-state index in [1.807, 2.05) is 30.1 Å². The number of hydrogen-bond donors (Lipinski definition) is 1. The van der Waals surface area contributed by atoms with Crippen molar-refractivity contribution in [3.8, 4) is 0 Å². The Bertz CT molecular complexity index is 404. The summed E-state index contributed by atoms with van der Waals surface area (Å²) in [5.41, 5.74) is 6.99. The van der Waals surface area contributed by atoms with Crippen molar-refractivity contribution in [1.82, 2.24) is 4.90 Å². The van der Waals surface area contributed by atoms with Gasteiger partial charge in [-0.05, 0) is 30.9 Å².